The SMILES string of the molecule is COc1cc(C(C)(C)C)c(OC(=O)C(CCSc2ccccc2)[N+](=O)[O-])c(C(C)(C)C)c1. The Balaban J connectivity index is 2.35. The topological polar surface area (TPSA) is 78.7 Å². The first-order valence-electron chi connectivity index (χ1n) is 10.6. The van der Waals surface area contributed by atoms with Crippen LogP contribution in [0.2, 0.25) is 0 Å². The molecule has 0 saturated carbocycles. The van der Waals surface area contributed by atoms with Gasteiger partial charge in [-0.25, -0.2) is 4.79 Å². The molecule has 0 saturated heterocycles. The molecule has 0 bridgehead atoms. The van der Waals surface area contributed by atoms with Crippen LogP contribution in [0.1, 0.15) is 59.1 Å². The highest BCUT2D eigenvalue weighted by Crippen LogP contribution is 2.42. The number of nitrogens with zero attached hydrogens (tertiary/aromatic N) is 1. The van der Waals surface area contributed by atoms with Gasteiger partial charge in [-0.3, -0.25) is 10.1 Å². The molecule has 0 radical (unpaired) electrons. The van der Waals surface area contributed by atoms with Crippen molar-refractivity contribution >= 4 is 17.7 Å². The minimum atomic E-state index is -1.44. The maximum absolute atomic E-state index is 13.0. The molecule has 2 aromatic carbocycles. The molecule has 0 aliphatic heterocycles. The van der Waals surface area contributed by atoms with E-state index in [0.29, 0.717) is 17.3 Å². The molecule has 0 aliphatic carbocycles. The molecule has 0 aromatic heterocycles. The Labute approximate surface area is 194 Å². The fourth-order valence-corrected chi connectivity index (χ4v) is 4.15. The summed E-state index contributed by atoms with van der Waals surface area (Å²) in [6, 6.07) is 11.8. The van der Waals surface area contributed by atoms with Crippen LogP contribution in [-0.4, -0.2) is 29.8 Å². The summed E-state index contributed by atoms with van der Waals surface area (Å²) in [5.41, 5.74) is 0.821. The minimum Gasteiger partial charge on any atom is -0.497 e. The maximum Gasteiger partial charge on any atom is 0.387 e. The van der Waals surface area contributed by atoms with Crippen LogP contribution in [0, 0.1) is 10.1 Å². The smallest absolute Gasteiger partial charge is 0.387 e. The Kier molecular flexibility index (Phi) is 8.35. The number of esters is 1. The first-order valence-corrected chi connectivity index (χ1v) is 11.6. The summed E-state index contributed by atoms with van der Waals surface area (Å²) in [4.78, 5) is 25.2. The van der Waals surface area contributed by atoms with E-state index >= 15 is 0 Å². The number of ether oxygens (including phenoxy) is 2. The Hall–Kier alpha value is -2.54. The van der Waals surface area contributed by atoms with Crippen LogP contribution in [0.15, 0.2) is 47.4 Å². The average molecular weight is 460 g/mol. The Morgan fingerprint density at radius 2 is 1.56 bits per heavy atom. The predicted molar refractivity (Wildman–Crippen MR) is 129 cm³/mol. The van der Waals surface area contributed by atoms with Gasteiger partial charge in [-0.1, -0.05) is 59.7 Å². The number of thioether (sulfide) groups is 1. The van der Waals surface area contributed by atoms with Crippen molar-refractivity contribution in [3.63, 3.8) is 0 Å². The van der Waals surface area contributed by atoms with Crippen molar-refractivity contribution in [3.05, 3.63) is 63.7 Å². The van der Waals surface area contributed by atoms with Crippen LogP contribution in [-0.2, 0) is 15.6 Å². The third-order valence-corrected chi connectivity index (χ3v) is 6.09. The molecule has 2 aromatic rings. The lowest BCUT2D eigenvalue weighted by atomic mass is 9.79. The maximum atomic E-state index is 13.0. The van der Waals surface area contributed by atoms with E-state index in [1.54, 1.807) is 7.11 Å². The fraction of sp³-hybridized carbons (Fsp3) is 0.480. The van der Waals surface area contributed by atoms with E-state index in [1.807, 2.05) is 84.0 Å². The molecule has 0 spiro atoms. The summed E-state index contributed by atoms with van der Waals surface area (Å²) in [5.74, 6) is 0.638. The van der Waals surface area contributed by atoms with E-state index in [4.69, 9.17) is 9.47 Å². The lowest BCUT2D eigenvalue weighted by molar-refractivity contribution is -0.509. The number of carbonyl (C=O) groups excluding carboxylic acids is 1. The molecule has 0 heterocycles. The Morgan fingerprint density at radius 1 is 1.03 bits per heavy atom. The van der Waals surface area contributed by atoms with E-state index in [2.05, 4.69) is 0 Å². The largest absolute Gasteiger partial charge is 0.497 e. The molecule has 0 amide bonds. The van der Waals surface area contributed by atoms with Crippen LogP contribution >= 0.6 is 11.8 Å². The van der Waals surface area contributed by atoms with Gasteiger partial charge in [0.2, 0.25) is 0 Å². The van der Waals surface area contributed by atoms with Crippen molar-refractivity contribution in [1.82, 2.24) is 0 Å². The second kappa shape index (κ2) is 10.4. The zero-order valence-electron chi connectivity index (χ0n) is 19.9. The van der Waals surface area contributed by atoms with Gasteiger partial charge in [0.05, 0.1) is 7.11 Å². The van der Waals surface area contributed by atoms with Gasteiger partial charge in [-0.2, -0.15) is 0 Å². The van der Waals surface area contributed by atoms with E-state index in [-0.39, 0.29) is 17.3 Å². The van der Waals surface area contributed by atoms with E-state index in [9.17, 15) is 14.9 Å². The van der Waals surface area contributed by atoms with Gasteiger partial charge in [-0.15, -0.1) is 11.8 Å². The first kappa shape index (κ1) is 25.7. The number of hydrogen-bond donors (Lipinski definition) is 0. The van der Waals surface area contributed by atoms with Crippen LogP contribution in [0.4, 0.5) is 0 Å². The van der Waals surface area contributed by atoms with Crippen molar-refractivity contribution in [2.75, 3.05) is 12.9 Å². The Bertz CT molecular complexity index is 910. The van der Waals surface area contributed by atoms with E-state index in [0.717, 1.165) is 16.0 Å². The summed E-state index contributed by atoms with van der Waals surface area (Å²) in [5, 5.41) is 11.7. The lowest BCUT2D eigenvalue weighted by Gasteiger charge is -2.30. The fourth-order valence-electron chi connectivity index (χ4n) is 3.23. The summed E-state index contributed by atoms with van der Waals surface area (Å²) in [7, 11) is 1.59. The lowest BCUT2D eigenvalue weighted by Crippen LogP contribution is -2.35. The standard InChI is InChI=1S/C25H33NO5S/c1-24(2,3)19-15-17(30-7)16-20(25(4,5)6)22(19)31-23(27)21(26(28)29)13-14-32-18-11-9-8-10-12-18/h8-12,15-16,21H,13-14H2,1-7H3. The van der Waals surface area contributed by atoms with Gasteiger partial charge in [-0.05, 0) is 35.1 Å². The highest BCUT2D eigenvalue weighted by atomic mass is 32.2. The van der Waals surface area contributed by atoms with Crippen molar-refractivity contribution in [2.24, 2.45) is 0 Å². The van der Waals surface area contributed by atoms with Gasteiger partial charge < -0.3 is 9.47 Å². The quantitative estimate of drug-likeness (QED) is 0.158. The summed E-state index contributed by atoms with van der Waals surface area (Å²) >= 11 is 1.48. The van der Waals surface area contributed by atoms with Crippen LogP contribution in [0.5, 0.6) is 11.5 Å². The second-order valence-electron chi connectivity index (χ2n) is 9.72. The molecule has 7 heteroatoms. The average Bonchev–Trinajstić information content (AvgIpc) is 2.70. The molecule has 32 heavy (non-hydrogen) atoms. The Morgan fingerprint density at radius 3 is 2.00 bits per heavy atom. The summed E-state index contributed by atoms with van der Waals surface area (Å²) in [6.07, 6.45) is 0.0806. The number of hydrogen-bond acceptors (Lipinski definition) is 6. The monoisotopic (exact) mass is 459 g/mol. The zero-order valence-corrected chi connectivity index (χ0v) is 20.7. The van der Waals surface area contributed by atoms with Gasteiger partial charge in [0, 0.05) is 33.1 Å². The number of rotatable bonds is 8. The normalized spacial score (nSPS) is 12.8. The molecule has 2 rings (SSSR count). The van der Waals surface area contributed by atoms with Crippen molar-refractivity contribution in [1.29, 1.82) is 0 Å². The molecular weight excluding hydrogens is 426 g/mol. The van der Waals surface area contributed by atoms with Gasteiger partial charge in [0.15, 0.2) is 0 Å². The van der Waals surface area contributed by atoms with Crippen LogP contribution in [0.3, 0.4) is 0 Å². The highest BCUT2D eigenvalue weighted by Gasteiger charge is 2.35. The molecule has 6 nitrogen and oxygen atoms in total. The van der Waals surface area contributed by atoms with E-state index < -0.39 is 16.9 Å². The molecule has 0 N–H and O–H groups in total. The molecule has 174 valence electrons. The first-order chi connectivity index (χ1) is 14.8. The van der Waals surface area contributed by atoms with Gasteiger partial charge >= 0.3 is 12.0 Å². The molecule has 1 unspecified atom stereocenters. The van der Waals surface area contributed by atoms with Crippen LogP contribution < -0.4 is 9.47 Å². The second-order valence-corrected chi connectivity index (χ2v) is 10.9. The third-order valence-electron chi connectivity index (χ3n) is 5.05. The van der Waals surface area contributed by atoms with Gasteiger partial charge in [0.25, 0.3) is 0 Å². The van der Waals surface area contributed by atoms with Crippen LogP contribution in [0.25, 0.3) is 0 Å². The highest BCUT2D eigenvalue weighted by molar-refractivity contribution is 7.99. The molecular formula is C25H33NO5S. The number of benzene rings is 2. The number of carbonyl (C=O) groups is 1. The third kappa shape index (κ3) is 6.73. The predicted octanol–water partition coefficient (Wildman–Crippen LogP) is 6.02. The molecule has 0 aliphatic rings. The van der Waals surface area contributed by atoms with Crippen molar-refractivity contribution in [2.45, 2.75) is 69.7 Å². The van der Waals surface area contributed by atoms with E-state index in [1.165, 1.54) is 11.8 Å². The van der Waals surface area contributed by atoms with Crippen molar-refractivity contribution < 1.29 is 19.2 Å². The summed E-state index contributed by atoms with van der Waals surface area (Å²) < 4.78 is 11.3. The summed E-state index contributed by atoms with van der Waals surface area (Å²) in [6.45, 7) is 12.0. The minimum absolute atomic E-state index is 0.0806. The number of methoxy groups -OCH3 is 1. The zero-order chi connectivity index (χ0) is 24.1. The van der Waals surface area contributed by atoms with Gasteiger partial charge in [0.1, 0.15) is 11.5 Å². The number of nitro groups is 1. The van der Waals surface area contributed by atoms with Crippen molar-refractivity contribution in [3.8, 4) is 11.5 Å². The molecule has 0 fully saturated rings. The molecule has 1 atom stereocenters.